The zero-order valence-electron chi connectivity index (χ0n) is 17.7. The van der Waals surface area contributed by atoms with Crippen LogP contribution in [0.25, 0.3) is 0 Å². The normalized spacial score (nSPS) is 30.7. The third-order valence-electron chi connectivity index (χ3n) is 7.57. The Morgan fingerprint density at radius 3 is 2.00 bits per heavy atom. The second-order valence-corrected chi connectivity index (χ2v) is 11.5. The maximum absolute atomic E-state index is 12.6. The van der Waals surface area contributed by atoms with Gasteiger partial charge in [0, 0.05) is 25.2 Å². The molecule has 0 saturated heterocycles. The number of sulfonamides is 1. The Labute approximate surface area is 175 Å². The summed E-state index contributed by atoms with van der Waals surface area (Å²) in [4.78, 5) is 12.8. The van der Waals surface area contributed by atoms with E-state index in [4.69, 9.17) is 0 Å². The molecule has 4 saturated carbocycles. The fraction of sp³-hybridized carbons (Fsp3) is 0.696. The molecule has 0 radical (unpaired) electrons. The first-order valence-corrected chi connectivity index (χ1v) is 12.7. The molecule has 1 aromatic carbocycles. The van der Waals surface area contributed by atoms with Gasteiger partial charge in [-0.05, 0) is 92.4 Å². The zero-order valence-corrected chi connectivity index (χ0v) is 18.5. The molecule has 0 spiro atoms. The van der Waals surface area contributed by atoms with Crippen LogP contribution in [0.15, 0.2) is 29.2 Å². The summed E-state index contributed by atoms with van der Waals surface area (Å²) < 4.78 is 26.6. The summed E-state index contributed by atoms with van der Waals surface area (Å²) >= 11 is 0. The van der Waals surface area contributed by atoms with Crippen LogP contribution in [0, 0.1) is 23.2 Å². The van der Waals surface area contributed by atoms with E-state index in [-0.39, 0.29) is 10.8 Å². The Morgan fingerprint density at radius 2 is 1.52 bits per heavy atom. The highest BCUT2D eigenvalue weighted by Gasteiger charge is 2.50. The molecule has 0 unspecified atom stereocenters. The van der Waals surface area contributed by atoms with E-state index >= 15 is 0 Å². The third-order valence-corrected chi connectivity index (χ3v) is 9.63. The van der Waals surface area contributed by atoms with E-state index in [0.29, 0.717) is 30.6 Å². The fourth-order valence-corrected chi connectivity index (χ4v) is 8.09. The maximum Gasteiger partial charge on any atom is 0.251 e. The lowest BCUT2D eigenvalue weighted by molar-refractivity contribution is -0.0564. The van der Waals surface area contributed by atoms with Crippen molar-refractivity contribution in [2.24, 2.45) is 23.2 Å². The molecular formula is C23H34N2O3S. The van der Waals surface area contributed by atoms with Gasteiger partial charge < -0.3 is 5.32 Å². The van der Waals surface area contributed by atoms with Crippen molar-refractivity contribution in [1.82, 2.24) is 9.62 Å². The Bertz CT molecular complexity index is 808. The molecule has 4 bridgehead atoms. The van der Waals surface area contributed by atoms with E-state index < -0.39 is 10.0 Å². The van der Waals surface area contributed by atoms with Gasteiger partial charge in [-0.1, -0.05) is 13.8 Å². The van der Waals surface area contributed by atoms with Crippen LogP contribution in [0.5, 0.6) is 0 Å². The standard InChI is InChI=1S/C23H34N2O3S/c1-3-25(4-2)29(27,28)21-7-5-20(6-8-21)22(26)24-10-9-23-14-17-11-18(15-23)13-19(12-17)16-23/h5-8,17-19H,3-4,9-16H2,1-2H3,(H,24,26). The van der Waals surface area contributed by atoms with E-state index in [9.17, 15) is 13.2 Å². The Kier molecular flexibility index (Phi) is 5.77. The minimum Gasteiger partial charge on any atom is -0.352 e. The first kappa shape index (κ1) is 20.9. The highest BCUT2D eigenvalue weighted by atomic mass is 32.2. The number of rotatable bonds is 8. The van der Waals surface area contributed by atoms with Crippen LogP contribution in [0.1, 0.15) is 69.2 Å². The summed E-state index contributed by atoms with van der Waals surface area (Å²) in [6, 6.07) is 6.33. The van der Waals surface area contributed by atoms with E-state index in [0.717, 1.165) is 24.2 Å². The molecule has 0 atom stereocenters. The highest BCUT2D eigenvalue weighted by molar-refractivity contribution is 7.89. The summed E-state index contributed by atoms with van der Waals surface area (Å²) in [5.74, 6) is 2.67. The predicted molar refractivity (Wildman–Crippen MR) is 114 cm³/mol. The molecule has 0 aromatic heterocycles. The molecule has 1 aromatic rings. The van der Waals surface area contributed by atoms with Crippen molar-refractivity contribution in [3.05, 3.63) is 29.8 Å². The summed E-state index contributed by atoms with van der Waals surface area (Å²) in [6.45, 7) is 5.24. The van der Waals surface area contributed by atoms with Gasteiger partial charge in [0.1, 0.15) is 0 Å². The Hall–Kier alpha value is -1.40. The molecule has 0 aliphatic heterocycles. The quantitative estimate of drug-likeness (QED) is 0.692. The minimum absolute atomic E-state index is 0.110. The average molecular weight is 419 g/mol. The lowest BCUT2D eigenvalue weighted by atomic mass is 9.49. The Morgan fingerprint density at radius 1 is 1.00 bits per heavy atom. The number of hydrogen-bond donors (Lipinski definition) is 1. The van der Waals surface area contributed by atoms with E-state index in [1.807, 2.05) is 13.8 Å². The van der Waals surface area contributed by atoms with Crippen LogP contribution < -0.4 is 5.32 Å². The minimum atomic E-state index is -3.48. The molecule has 0 heterocycles. The van der Waals surface area contributed by atoms with E-state index in [1.54, 1.807) is 24.3 Å². The van der Waals surface area contributed by atoms with Crippen LogP contribution in [-0.4, -0.2) is 38.3 Å². The highest BCUT2D eigenvalue weighted by Crippen LogP contribution is 2.61. The van der Waals surface area contributed by atoms with Gasteiger partial charge >= 0.3 is 0 Å². The average Bonchev–Trinajstić information content (AvgIpc) is 2.67. The van der Waals surface area contributed by atoms with Crippen LogP contribution >= 0.6 is 0 Å². The van der Waals surface area contributed by atoms with Crippen molar-refractivity contribution in [2.45, 2.75) is 63.7 Å². The molecular weight excluding hydrogens is 384 g/mol. The molecule has 1 amide bonds. The van der Waals surface area contributed by atoms with Gasteiger partial charge in [0.2, 0.25) is 10.0 Å². The molecule has 4 aliphatic carbocycles. The number of amides is 1. The van der Waals surface area contributed by atoms with Gasteiger partial charge in [0.05, 0.1) is 4.90 Å². The molecule has 160 valence electrons. The van der Waals surface area contributed by atoms with Crippen LogP contribution in [-0.2, 0) is 10.0 Å². The largest absolute Gasteiger partial charge is 0.352 e. The molecule has 6 heteroatoms. The lowest BCUT2D eigenvalue weighted by Gasteiger charge is -2.57. The lowest BCUT2D eigenvalue weighted by Crippen LogP contribution is -2.47. The van der Waals surface area contributed by atoms with Crippen molar-refractivity contribution in [3.8, 4) is 0 Å². The topological polar surface area (TPSA) is 66.5 Å². The monoisotopic (exact) mass is 418 g/mol. The van der Waals surface area contributed by atoms with Crippen LogP contribution in [0.3, 0.4) is 0 Å². The number of carbonyl (C=O) groups excluding carboxylic acids is 1. The Balaban J connectivity index is 1.34. The maximum atomic E-state index is 12.6. The van der Waals surface area contributed by atoms with Crippen molar-refractivity contribution in [2.75, 3.05) is 19.6 Å². The smallest absolute Gasteiger partial charge is 0.251 e. The van der Waals surface area contributed by atoms with Gasteiger partial charge in [-0.2, -0.15) is 4.31 Å². The molecule has 4 aliphatic rings. The van der Waals surface area contributed by atoms with Crippen LogP contribution in [0.4, 0.5) is 0 Å². The molecule has 4 fully saturated rings. The second kappa shape index (κ2) is 8.03. The van der Waals surface area contributed by atoms with Gasteiger partial charge in [-0.15, -0.1) is 0 Å². The number of nitrogens with zero attached hydrogens (tertiary/aromatic N) is 1. The first-order chi connectivity index (χ1) is 13.8. The summed E-state index contributed by atoms with van der Waals surface area (Å²) in [7, 11) is -3.48. The molecule has 5 rings (SSSR count). The number of nitrogens with one attached hydrogen (secondary N) is 1. The van der Waals surface area contributed by atoms with Gasteiger partial charge in [-0.3, -0.25) is 4.79 Å². The summed E-state index contributed by atoms with van der Waals surface area (Å²) in [5, 5.41) is 3.08. The number of hydrogen-bond acceptors (Lipinski definition) is 3. The predicted octanol–water partition coefficient (Wildman–Crippen LogP) is 4.05. The van der Waals surface area contributed by atoms with Crippen molar-refractivity contribution in [1.29, 1.82) is 0 Å². The second-order valence-electron chi connectivity index (χ2n) is 9.54. The molecule has 1 N–H and O–H groups in total. The number of carbonyl (C=O) groups is 1. The zero-order chi connectivity index (χ0) is 20.6. The fourth-order valence-electron chi connectivity index (χ4n) is 6.63. The number of benzene rings is 1. The van der Waals surface area contributed by atoms with Crippen molar-refractivity contribution in [3.63, 3.8) is 0 Å². The van der Waals surface area contributed by atoms with Crippen molar-refractivity contribution < 1.29 is 13.2 Å². The summed E-state index contributed by atoms with van der Waals surface area (Å²) in [6.07, 6.45) is 9.46. The van der Waals surface area contributed by atoms with Gasteiger partial charge in [0.25, 0.3) is 5.91 Å². The van der Waals surface area contributed by atoms with Gasteiger partial charge in [-0.25, -0.2) is 8.42 Å². The SMILES string of the molecule is CCN(CC)S(=O)(=O)c1ccc(C(=O)NCCC23CC4CC(CC(C4)C2)C3)cc1. The first-order valence-electron chi connectivity index (χ1n) is 11.2. The molecule has 29 heavy (non-hydrogen) atoms. The van der Waals surface area contributed by atoms with E-state index in [1.165, 1.54) is 42.8 Å². The third kappa shape index (κ3) is 4.11. The molecule has 5 nitrogen and oxygen atoms in total. The van der Waals surface area contributed by atoms with E-state index in [2.05, 4.69) is 5.32 Å². The van der Waals surface area contributed by atoms with Gasteiger partial charge in [0.15, 0.2) is 0 Å². The van der Waals surface area contributed by atoms with Crippen molar-refractivity contribution >= 4 is 15.9 Å². The van der Waals surface area contributed by atoms with Crippen LogP contribution in [0.2, 0.25) is 0 Å². The summed E-state index contributed by atoms with van der Waals surface area (Å²) in [5.41, 5.74) is 0.984.